The van der Waals surface area contributed by atoms with Gasteiger partial charge in [0.05, 0.1) is 17.8 Å². The first-order valence-electron chi connectivity index (χ1n) is 9.11. The molecule has 1 aromatic carbocycles. The van der Waals surface area contributed by atoms with E-state index in [2.05, 4.69) is 10.4 Å². The number of aromatic nitrogens is 3. The lowest BCUT2D eigenvalue weighted by atomic mass is 10.1. The highest BCUT2D eigenvalue weighted by atomic mass is 16.3. The third-order valence-electron chi connectivity index (χ3n) is 4.97. The number of carbonyl (C=O) groups is 1. The number of carbonyl (C=O) groups excluding carboxylic acids is 1. The molecule has 3 heterocycles. The molecule has 6 heteroatoms. The average molecular weight is 362 g/mol. The number of furan rings is 1. The van der Waals surface area contributed by atoms with Gasteiger partial charge in [0.15, 0.2) is 5.65 Å². The van der Waals surface area contributed by atoms with Gasteiger partial charge in [-0.2, -0.15) is 5.10 Å². The van der Waals surface area contributed by atoms with Crippen molar-refractivity contribution < 1.29 is 9.21 Å². The van der Waals surface area contributed by atoms with E-state index in [9.17, 15) is 4.79 Å². The van der Waals surface area contributed by atoms with Gasteiger partial charge in [0.25, 0.3) is 0 Å². The lowest BCUT2D eigenvalue weighted by molar-refractivity contribution is -0.121. The number of hydrogen-bond acceptors (Lipinski definition) is 4. The molecule has 138 valence electrons. The molecule has 0 fully saturated rings. The van der Waals surface area contributed by atoms with Crippen molar-refractivity contribution in [3.63, 3.8) is 0 Å². The Hall–Kier alpha value is -3.15. The normalized spacial score (nSPS) is 12.6. The average Bonchev–Trinajstić information content (AvgIpc) is 3.30. The van der Waals surface area contributed by atoms with Crippen LogP contribution in [-0.2, 0) is 11.2 Å². The van der Waals surface area contributed by atoms with E-state index >= 15 is 0 Å². The van der Waals surface area contributed by atoms with E-state index in [1.807, 2.05) is 61.7 Å². The zero-order valence-corrected chi connectivity index (χ0v) is 15.7. The summed E-state index contributed by atoms with van der Waals surface area (Å²) in [6.07, 6.45) is 2.62. The Morgan fingerprint density at radius 1 is 1.22 bits per heavy atom. The molecule has 0 aliphatic carbocycles. The summed E-state index contributed by atoms with van der Waals surface area (Å²) < 4.78 is 7.22. The summed E-state index contributed by atoms with van der Waals surface area (Å²) >= 11 is 0. The summed E-state index contributed by atoms with van der Waals surface area (Å²) in [6.45, 7) is 5.94. The van der Waals surface area contributed by atoms with Crippen LogP contribution < -0.4 is 5.32 Å². The molecule has 0 aliphatic rings. The Balaban J connectivity index is 1.55. The van der Waals surface area contributed by atoms with Crippen molar-refractivity contribution in [1.29, 1.82) is 0 Å². The third-order valence-corrected chi connectivity index (χ3v) is 4.97. The van der Waals surface area contributed by atoms with Gasteiger partial charge in [0, 0.05) is 23.2 Å². The number of benzene rings is 1. The molecule has 4 rings (SSSR count). The van der Waals surface area contributed by atoms with E-state index in [0.29, 0.717) is 12.8 Å². The molecular weight excluding hydrogens is 340 g/mol. The molecule has 3 aromatic heterocycles. The Labute approximate surface area is 157 Å². The monoisotopic (exact) mass is 362 g/mol. The minimum absolute atomic E-state index is 0.0107. The molecule has 0 spiro atoms. The quantitative estimate of drug-likeness (QED) is 0.584. The predicted molar refractivity (Wildman–Crippen MR) is 104 cm³/mol. The topological polar surface area (TPSA) is 72.4 Å². The van der Waals surface area contributed by atoms with Crippen LogP contribution in [0.25, 0.3) is 16.6 Å². The van der Waals surface area contributed by atoms with Crippen LogP contribution >= 0.6 is 0 Å². The lowest BCUT2D eigenvalue weighted by Gasteiger charge is -2.13. The molecule has 0 aliphatic heterocycles. The summed E-state index contributed by atoms with van der Waals surface area (Å²) in [6, 6.07) is 11.5. The van der Waals surface area contributed by atoms with Crippen LogP contribution in [0.3, 0.4) is 0 Å². The fourth-order valence-corrected chi connectivity index (χ4v) is 3.50. The first kappa shape index (κ1) is 17.3. The standard InChI is InChI=1S/C21H22N4O2/c1-13-16(10-11-20(26)22-14(2)19-9-6-12-27-19)15(3)25-21(23-13)17-7-4-5-8-18(17)24-25/h4-9,12,14H,10-11H2,1-3H3,(H,22,26). The highest BCUT2D eigenvalue weighted by Gasteiger charge is 2.16. The molecule has 0 saturated carbocycles. The van der Waals surface area contributed by atoms with Gasteiger partial charge < -0.3 is 9.73 Å². The number of rotatable bonds is 5. The smallest absolute Gasteiger partial charge is 0.220 e. The summed E-state index contributed by atoms with van der Waals surface area (Å²) in [4.78, 5) is 17.1. The molecule has 0 radical (unpaired) electrons. The minimum atomic E-state index is -0.147. The number of hydrogen-bond donors (Lipinski definition) is 1. The van der Waals surface area contributed by atoms with E-state index in [1.165, 1.54) is 0 Å². The van der Waals surface area contributed by atoms with Crippen LogP contribution in [0.4, 0.5) is 0 Å². The molecular formula is C21H22N4O2. The number of fused-ring (bicyclic) bond motifs is 3. The predicted octanol–water partition coefficient (Wildman–Crippen LogP) is 3.90. The lowest BCUT2D eigenvalue weighted by Crippen LogP contribution is -2.26. The van der Waals surface area contributed by atoms with Gasteiger partial charge in [-0.3, -0.25) is 4.79 Å². The van der Waals surface area contributed by atoms with Gasteiger partial charge in [0.1, 0.15) is 5.76 Å². The summed E-state index contributed by atoms with van der Waals surface area (Å²) in [7, 11) is 0. The molecule has 1 N–H and O–H groups in total. The van der Waals surface area contributed by atoms with Gasteiger partial charge in [-0.15, -0.1) is 0 Å². The summed E-state index contributed by atoms with van der Waals surface area (Å²) in [5.74, 6) is 0.741. The molecule has 0 bridgehead atoms. The Bertz CT molecular complexity index is 1110. The molecule has 4 aromatic rings. The van der Waals surface area contributed by atoms with Crippen molar-refractivity contribution in [2.45, 2.75) is 39.7 Å². The zero-order valence-electron chi connectivity index (χ0n) is 15.7. The summed E-state index contributed by atoms with van der Waals surface area (Å²) in [5.41, 5.74) is 4.82. The zero-order chi connectivity index (χ0) is 19.0. The van der Waals surface area contributed by atoms with Crippen molar-refractivity contribution in [2.24, 2.45) is 0 Å². The first-order valence-corrected chi connectivity index (χ1v) is 9.11. The second kappa shape index (κ2) is 6.87. The molecule has 1 unspecified atom stereocenters. The Morgan fingerprint density at radius 3 is 2.81 bits per heavy atom. The van der Waals surface area contributed by atoms with Crippen LogP contribution in [0.1, 0.15) is 42.1 Å². The highest BCUT2D eigenvalue weighted by molar-refractivity contribution is 5.92. The molecule has 1 atom stereocenters. The first-order chi connectivity index (χ1) is 13.0. The van der Waals surface area contributed by atoms with E-state index in [-0.39, 0.29) is 11.9 Å². The van der Waals surface area contributed by atoms with Crippen molar-refractivity contribution in [1.82, 2.24) is 19.9 Å². The molecule has 6 nitrogen and oxygen atoms in total. The maximum Gasteiger partial charge on any atom is 0.220 e. The van der Waals surface area contributed by atoms with Crippen LogP contribution in [0.5, 0.6) is 0 Å². The molecule has 1 amide bonds. The maximum absolute atomic E-state index is 12.4. The number of aryl methyl sites for hydroxylation is 2. The molecule has 27 heavy (non-hydrogen) atoms. The Morgan fingerprint density at radius 2 is 2.04 bits per heavy atom. The van der Waals surface area contributed by atoms with Gasteiger partial charge in [-0.1, -0.05) is 12.1 Å². The Kier molecular flexibility index (Phi) is 4.39. The highest BCUT2D eigenvalue weighted by Crippen LogP contribution is 2.23. The second-order valence-corrected chi connectivity index (χ2v) is 6.82. The summed E-state index contributed by atoms with van der Waals surface area (Å²) in [5, 5.41) is 8.68. The minimum Gasteiger partial charge on any atom is -0.467 e. The van der Waals surface area contributed by atoms with Gasteiger partial charge in [0.2, 0.25) is 5.91 Å². The maximum atomic E-state index is 12.4. The van der Waals surface area contributed by atoms with Crippen LogP contribution in [0, 0.1) is 13.8 Å². The van der Waals surface area contributed by atoms with Gasteiger partial charge in [-0.05, 0) is 57.0 Å². The van der Waals surface area contributed by atoms with Crippen molar-refractivity contribution >= 4 is 22.5 Å². The third kappa shape index (κ3) is 3.18. The van der Waals surface area contributed by atoms with E-state index < -0.39 is 0 Å². The fraction of sp³-hybridized carbons (Fsp3) is 0.286. The van der Waals surface area contributed by atoms with E-state index in [1.54, 1.807) is 6.26 Å². The second-order valence-electron chi connectivity index (χ2n) is 6.82. The van der Waals surface area contributed by atoms with E-state index in [0.717, 1.165) is 39.3 Å². The fourth-order valence-electron chi connectivity index (χ4n) is 3.50. The van der Waals surface area contributed by atoms with Crippen LogP contribution in [0.2, 0.25) is 0 Å². The molecule has 0 saturated heterocycles. The van der Waals surface area contributed by atoms with E-state index in [4.69, 9.17) is 9.40 Å². The van der Waals surface area contributed by atoms with Crippen molar-refractivity contribution in [3.8, 4) is 0 Å². The van der Waals surface area contributed by atoms with Crippen LogP contribution in [-0.4, -0.2) is 20.5 Å². The van der Waals surface area contributed by atoms with Crippen molar-refractivity contribution in [2.75, 3.05) is 0 Å². The van der Waals surface area contributed by atoms with Gasteiger partial charge in [-0.25, -0.2) is 9.50 Å². The number of nitrogens with zero attached hydrogens (tertiary/aromatic N) is 3. The largest absolute Gasteiger partial charge is 0.467 e. The van der Waals surface area contributed by atoms with Crippen LogP contribution in [0.15, 0.2) is 47.1 Å². The number of amides is 1. The van der Waals surface area contributed by atoms with Crippen molar-refractivity contribution in [3.05, 3.63) is 65.4 Å². The SMILES string of the molecule is Cc1nc2c3ccccc3nn2c(C)c1CCC(=O)NC(C)c1ccco1. The van der Waals surface area contributed by atoms with Gasteiger partial charge >= 0.3 is 0 Å². The number of nitrogens with one attached hydrogen (secondary N) is 1.